The highest BCUT2D eigenvalue weighted by Crippen LogP contribution is 2.33. The number of halogens is 2. The summed E-state index contributed by atoms with van der Waals surface area (Å²) >= 11 is 12.7. The van der Waals surface area contributed by atoms with Crippen LogP contribution in [0.4, 0.5) is 0 Å². The Bertz CT molecular complexity index is 300. The van der Waals surface area contributed by atoms with Crippen LogP contribution in [0, 0.1) is 12.3 Å². The van der Waals surface area contributed by atoms with Crippen LogP contribution in [-0.4, -0.2) is 0 Å². The normalized spacial score (nSPS) is 12.5. The molecule has 0 amide bonds. The third kappa shape index (κ3) is 1.88. The first-order valence-electron chi connectivity index (χ1n) is 2.81. The van der Waals surface area contributed by atoms with Gasteiger partial charge in [-0.3, -0.25) is 0 Å². The van der Waals surface area contributed by atoms with Gasteiger partial charge < -0.3 is 5.73 Å². The summed E-state index contributed by atoms with van der Waals surface area (Å²) in [5, 5.41) is 0. The van der Waals surface area contributed by atoms with E-state index in [1.54, 1.807) is 6.07 Å². The Balaban J connectivity index is 3.05. The Labute approximate surface area is 79.1 Å². The van der Waals surface area contributed by atoms with Gasteiger partial charge in [-0.25, -0.2) is 0 Å². The predicted octanol–water partition coefficient (Wildman–Crippen LogP) is 2.69. The summed E-state index contributed by atoms with van der Waals surface area (Å²) in [5.41, 5.74) is 6.26. The third-order valence-electron chi connectivity index (χ3n) is 1.20. The predicted molar refractivity (Wildman–Crippen MR) is 50.1 cm³/mol. The van der Waals surface area contributed by atoms with Gasteiger partial charge in [-0.2, -0.15) is 0 Å². The van der Waals surface area contributed by atoms with E-state index >= 15 is 0 Å². The molecule has 1 aromatic heterocycles. The Morgan fingerprint density at radius 3 is 2.64 bits per heavy atom. The molecule has 0 aliphatic heterocycles. The summed E-state index contributed by atoms with van der Waals surface area (Å²) in [5.74, 6) is 2.38. The lowest BCUT2D eigenvalue weighted by Crippen LogP contribution is -2.05. The molecule has 4 heteroatoms. The van der Waals surface area contributed by atoms with E-state index in [1.807, 2.05) is 0 Å². The van der Waals surface area contributed by atoms with Gasteiger partial charge in [-0.1, -0.05) is 29.1 Å². The van der Waals surface area contributed by atoms with Crippen molar-refractivity contribution in [2.45, 2.75) is 6.04 Å². The van der Waals surface area contributed by atoms with Gasteiger partial charge in [0.05, 0.1) is 10.4 Å². The van der Waals surface area contributed by atoms with Crippen LogP contribution in [0.15, 0.2) is 6.07 Å². The van der Waals surface area contributed by atoms with Crippen molar-refractivity contribution in [2.75, 3.05) is 0 Å². The molecular formula is C7H5Cl2NS. The van der Waals surface area contributed by atoms with Gasteiger partial charge in [0.1, 0.15) is 4.34 Å². The van der Waals surface area contributed by atoms with E-state index in [2.05, 4.69) is 5.92 Å². The molecular weight excluding hydrogens is 201 g/mol. The van der Waals surface area contributed by atoms with E-state index in [-0.39, 0.29) is 0 Å². The minimum Gasteiger partial charge on any atom is -0.314 e. The molecule has 1 atom stereocenters. The summed E-state index contributed by atoms with van der Waals surface area (Å²) in [6.45, 7) is 0. The highest BCUT2D eigenvalue weighted by molar-refractivity contribution is 7.20. The first-order valence-corrected chi connectivity index (χ1v) is 4.39. The summed E-state index contributed by atoms with van der Waals surface area (Å²) in [6, 6.07) is 1.24. The van der Waals surface area contributed by atoms with Crippen molar-refractivity contribution in [2.24, 2.45) is 5.73 Å². The minimum atomic E-state index is -0.453. The maximum absolute atomic E-state index is 5.78. The molecule has 1 rings (SSSR count). The standard InChI is InChI=1S/C7H5Cl2NS/c1-2-5(10)4-3-6(8)11-7(4)9/h1,3,5H,10H2. The van der Waals surface area contributed by atoms with E-state index < -0.39 is 6.04 Å². The number of hydrogen-bond donors (Lipinski definition) is 1. The van der Waals surface area contributed by atoms with Crippen molar-refractivity contribution in [1.82, 2.24) is 0 Å². The van der Waals surface area contributed by atoms with E-state index in [0.29, 0.717) is 8.67 Å². The van der Waals surface area contributed by atoms with Gasteiger partial charge >= 0.3 is 0 Å². The van der Waals surface area contributed by atoms with Gasteiger partial charge in [0, 0.05) is 5.56 Å². The zero-order valence-electron chi connectivity index (χ0n) is 5.47. The van der Waals surface area contributed by atoms with Crippen LogP contribution in [0.3, 0.4) is 0 Å². The van der Waals surface area contributed by atoms with Crippen molar-refractivity contribution in [3.63, 3.8) is 0 Å². The largest absolute Gasteiger partial charge is 0.314 e. The highest BCUT2D eigenvalue weighted by Gasteiger charge is 2.10. The van der Waals surface area contributed by atoms with Crippen molar-refractivity contribution in [3.8, 4) is 12.3 Å². The van der Waals surface area contributed by atoms with E-state index in [4.69, 9.17) is 35.4 Å². The monoisotopic (exact) mass is 205 g/mol. The molecule has 0 radical (unpaired) electrons. The number of nitrogens with two attached hydrogens (primary N) is 1. The van der Waals surface area contributed by atoms with Crippen molar-refractivity contribution >= 4 is 34.5 Å². The maximum atomic E-state index is 5.78. The van der Waals surface area contributed by atoms with Gasteiger partial charge in [-0.05, 0) is 6.07 Å². The SMILES string of the molecule is C#CC(N)c1cc(Cl)sc1Cl. The van der Waals surface area contributed by atoms with Crippen molar-refractivity contribution < 1.29 is 0 Å². The lowest BCUT2D eigenvalue weighted by molar-refractivity contribution is 0.954. The number of thiophene rings is 1. The lowest BCUT2D eigenvalue weighted by atomic mass is 10.2. The molecule has 58 valence electrons. The topological polar surface area (TPSA) is 26.0 Å². The van der Waals surface area contributed by atoms with Crippen LogP contribution >= 0.6 is 34.5 Å². The Kier molecular flexibility index (Phi) is 2.80. The second-order valence-electron chi connectivity index (χ2n) is 1.92. The fourth-order valence-corrected chi connectivity index (χ4v) is 2.20. The van der Waals surface area contributed by atoms with Crippen LogP contribution in [0.1, 0.15) is 11.6 Å². The summed E-state index contributed by atoms with van der Waals surface area (Å²) in [4.78, 5) is 0. The Hall–Kier alpha value is -0.200. The van der Waals surface area contributed by atoms with Gasteiger partial charge in [0.15, 0.2) is 0 Å². The zero-order chi connectivity index (χ0) is 8.43. The van der Waals surface area contributed by atoms with Crippen LogP contribution in [0.2, 0.25) is 8.67 Å². The molecule has 1 nitrogen and oxygen atoms in total. The Morgan fingerprint density at radius 2 is 2.27 bits per heavy atom. The molecule has 1 unspecified atom stereocenters. The third-order valence-corrected chi connectivity index (χ3v) is 2.72. The van der Waals surface area contributed by atoms with Crippen LogP contribution < -0.4 is 5.73 Å². The second kappa shape index (κ2) is 3.46. The van der Waals surface area contributed by atoms with Gasteiger partial charge in [0.25, 0.3) is 0 Å². The molecule has 1 aromatic rings. The van der Waals surface area contributed by atoms with Crippen LogP contribution in [-0.2, 0) is 0 Å². The molecule has 1 heterocycles. The average molecular weight is 206 g/mol. The molecule has 0 saturated carbocycles. The van der Waals surface area contributed by atoms with Gasteiger partial charge in [0.2, 0.25) is 0 Å². The second-order valence-corrected chi connectivity index (χ2v) is 4.21. The number of terminal acetylenes is 1. The first kappa shape index (κ1) is 8.89. The quantitative estimate of drug-likeness (QED) is 0.702. The van der Waals surface area contributed by atoms with Gasteiger partial charge in [-0.15, -0.1) is 17.8 Å². The summed E-state index contributed by atoms with van der Waals surface area (Å²) in [6.07, 6.45) is 5.11. The average Bonchev–Trinajstić information content (AvgIpc) is 2.28. The first-order chi connectivity index (χ1) is 5.15. The van der Waals surface area contributed by atoms with Crippen molar-refractivity contribution in [1.29, 1.82) is 0 Å². The van der Waals surface area contributed by atoms with E-state index in [1.165, 1.54) is 11.3 Å². The van der Waals surface area contributed by atoms with Crippen LogP contribution in [0.5, 0.6) is 0 Å². The molecule has 11 heavy (non-hydrogen) atoms. The van der Waals surface area contributed by atoms with E-state index in [0.717, 1.165) is 5.56 Å². The molecule has 0 spiro atoms. The minimum absolute atomic E-state index is 0.453. The molecule has 0 aromatic carbocycles. The van der Waals surface area contributed by atoms with Crippen molar-refractivity contribution in [3.05, 3.63) is 20.3 Å². The molecule has 2 N–H and O–H groups in total. The molecule has 0 aliphatic rings. The number of hydrogen-bond acceptors (Lipinski definition) is 2. The molecule has 0 saturated heterocycles. The van der Waals surface area contributed by atoms with E-state index in [9.17, 15) is 0 Å². The highest BCUT2D eigenvalue weighted by atomic mass is 35.5. The smallest absolute Gasteiger partial charge is 0.100 e. The summed E-state index contributed by atoms with van der Waals surface area (Å²) < 4.78 is 1.18. The zero-order valence-corrected chi connectivity index (χ0v) is 7.80. The summed E-state index contributed by atoms with van der Waals surface area (Å²) in [7, 11) is 0. The molecule has 0 aliphatic carbocycles. The fourth-order valence-electron chi connectivity index (χ4n) is 0.655. The fraction of sp³-hybridized carbons (Fsp3) is 0.143. The molecule has 0 fully saturated rings. The Morgan fingerprint density at radius 1 is 1.64 bits per heavy atom. The molecule has 0 bridgehead atoms. The number of rotatable bonds is 1. The maximum Gasteiger partial charge on any atom is 0.100 e. The lowest BCUT2D eigenvalue weighted by Gasteiger charge is -1.99. The van der Waals surface area contributed by atoms with Crippen LogP contribution in [0.25, 0.3) is 0 Å².